The van der Waals surface area contributed by atoms with E-state index in [1.54, 1.807) is 6.07 Å². The fraction of sp³-hybridized carbons (Fsp3) is 0.469. The molecule has 1 aliphatic heterocycles. The van der Waals surface area contributed by atoms with Crippen LogP contribution in [0, 0.1) is 5.92 Å². The van der Waals surface area contributed by atoms with E-state index in [0.717, 1.165) is 19.1 Å². The minimum absolute atomic E-state index is 0.000294. The van der Waals surface area contributed by atoms with Gasteiger partial charge in [-0.05, 0) is 56.7 Å². The highest BCUT2D eigenvalue weighted by Crippen LogP contribution is 2.43. The zero-order chi connectivity index (χ0) is 34.4. The first kappa shape index (κ1) is 35.7. The molecule has 0 bridgehead atoms. The standard InChI is InChI=1S/C32H35ClF4N4O6/c1-31(14-12-24(34)35,29(45)40-23(16-19-13-15-38-27(19)43)25(42)28(44)39-22-10-11-22)41-30(46)47-26(18-6-3-2-4-7-18)32(36,37)20-8-5-9-21(33)17-20/h2-9,17,19,22-24,26H,10-16H2,1H3,(H,38,43)(H,39,44)(H,40,45)(H,41,46)/t19-,23-,26?,31+/m0/s1. The molecular weight excluding hydrogens is 648 g/mol. The average Bonchev–Trinajstić information content (AvgIpc) is 3.76. The number of rotatable bonds is 15. The van der Waals surface area contributed by atoms with E-state index in [9.17, 15) is 32.8 Å². The normalized spacial score (nSPS) is 18.8. The molecule has 0 spiro atoms. The second-order valence-corrected chi connectivity index (χ2v) is 12.3. The first-order valence-electron chi connectivity index (χ1n) is 15.1. The van der Waals surface area contributed by atoms with Gasteiger partial charge in [0.15, 0.2) is 6.10 Å². The summed E-state index contributed by atoms with van der Waals surface area (Å²) in [5.74, 6) is -8.19. The topological polar surface area (TPSA) is 143 Å². The van der Waals surface area contributed by atoms with Gasteiger partial charge >= 0.3 is 12.0 Å². The largest absolute Gasteiger partial charge is 0.434 e. The molecule has 0 aromatic heterocycles. The van der Waals surface area contributed by atoms with Gasteiger partial charge in [0.05, 0.1) is 6.04 Å². The van der Waals surface area contributed by atoms with Crippen LogP contribution in [0.5, 0.6) is 0 Å². The van der Waals surface area contributed by atoms with Crippen molar-refractivity contribution in [2.45, 2.75) is 81.5 Å². The van der Waals surface area contributed by atoms with Gasteiger partial charge in [0.1, 0.15) is 5.54 Å². The third-order valence-electron chi connectivity index (χ3n) is 8.05. The van der Waals surface area contributed by atoms with E-state index >= 15 is 8.78 Å². The summed E-state index contributed by atoms with van der Waals surface area (Å²) >= 11 is 5.93. The van der Waals surface area contributed by atoms with Crippen LogP contribution < -0.4 is 21.3 Å². The summed E-state index contributed by atoms with van der Waals surface area (Å²) in [5, 5.41) is 9.60. The molecule has 2 aromatic carbocycles. The van der Waals surface area contributed by atoms with E-state index in [2.05, 4.69) is 21.3 Å². The van der Waals surface area contributed by atoms with E-state index < -0.39 is 84.0 Å². The number of amides is 4. The van der Waals surface area contributed by atoms with Crippen molar-refractivity contribution in [3.05, 3.63) is 70.7 Å². The van der Waals surface area contributed by atoms with Crippen LogP contribution >= 0.6 is 11.6 Å². The van der Waals surface area contributed by atoms with Crippen LogP contribution in [0.15, 0.2) is 54.6 Å². The number of ether oxygens (including phenoxy) is 1. The Morgan fingerprint density at radius 2 is 1.74 bits per heavy atom. The van der Waals surface area contributed by atoms with Gasteiger partial charge in [-0.25, -0.2) is 13.6 Å². The fourth-order valence-electron chi connectivity index (χ4n) is 5.16. The summed E-state index contributed by atoms with van der Waals surface area (Å²) in [5.41, 5.74) is -2.93. The molecule has 2 fully saturated rings. The molecule has 4 atom stereocenters. The van der Waals surface area contributed by atoms with Crippen molar-refractivity contribution < 1.29 is 46.3 Å². The van der Waals surface area contributed by atoms with Crippen LogP contribution in [0.2, 0.25) is 5.02 Å². The molecule has 0 radical (unpaired) electrons. The van der Waals surface area contributed by atoms with E-state index in [0.29, 0.717) is 25.8 Å². The maximum absolute atomic E-state index is 15.9. The van der Waals surface area contributed by atoms with Gasteiger partial charge in [0.25, 0.3) is 5.91 Å². The lowest BCUT2D eigenvalue weighted by Gasteiger charge is -2.33. The Kier molecular flexibility index (Phi) is 11.5. The predicted molar refractivity (Wildman–Crippen MR) is 162 cm³/mol. The van der Waals surface area contributed by atoms with E-state index in [-0.39, 0.29) is 23.0 Å². The van der Waals surface area contributed by atoms with E-state index in [4.69, 9.17) is 16.3 Å². The zero-order valence-corrected chi connectivity index (χ0v) is 26.1. The summed E-state index contributed by atoms with van der Waals surface area (Å²) < 4.78 is 63.8. The summed E-state index contributed by atoms with van der Waals surface area (Å²) in [6.07, 6.45) is -6.94. The predicted octanol–water partition coefficient (Wildman–Crippen LogP) is 4.56. The number of hydrogen-bond acceptors (Lipinski definition) is 6. The average molecular weight is 683 g/mol. The zero-order valence-electron chi connectivity index (χ0n) is 25.4. The molecule has 2 aliphatic rings. The maximum atomic E-state index is 15.9. The lowest BCUT2D eigenvalue weighted by molar-refractivity contribution is -0.141. The molecule has 1 aliphatic carbocycles. The summed E-state index contributed by atoms with van der Waals surface area (Å²) in [6, 6.07) is 10.0. The number of carbonyl (C=O) groups excluding carboxylic acids is 5. The lowest BCUT2D eigenvalue weighted by atomic mass is 9.91. The van der Waals surface area contributed by atoms with Crippen LogP contribution in [0.1, 0.15) is 62.7 Å². The second kappa shape index (κ2) is 15.1. The Balaban J connectivity index is 1.58. The smallest absolute Gasteiger partial charge is 0.408 e. The van der Waals surface area contributed by atoms with Crippen LogP contribution in [-0.4, -0.2) is 60.2 Å². The van der Waals surface area contributed by atoms with Gasteiger partial charge in [0.2, 0.25) is 24.0 Å². The highest BCUT2D eigenvalue weighted by atomic mass is 35.5. The van der Waals surface area contributed by atoms with E-state index in [1.807, 2.05) is 0 Å². The molecule has 10 nitrogen and oxygen atoms in total. The molecule has 1 unspecified atom stereocenters. The molecular formula is C32H35ClF4N4O6. The third-order valence-corrected chi connectivity index (χ3v) is 8.28. The quantitative estimate of drug-likeness (QED) is 0.160. The molecule has 1 heterocycles. The fourth-order valence-corrected chi connectivity index (χ4v) is 5.35. The highest BCUT2D eigenvalue weighted by molar-refractivity contribution is 6.38. The number of Topliss-reactive ketones (excluding diaryl/α,β-unsaturated/α-hetero) is 1. The Morgan fingerprint density at radius 1 is 1.04 bits per heavy atom. The lowest BCUT2D eigenvalue weighted by Crippen LogP contribution is -2.61. The number of nitrogens with one attached hydrogen (secondary N) is 4. The molecule has 15 heteroatoms. The number of halogens is 5. The first-order valence-corrected chi connectivity index (χ1v) is 15.5. The Morgan fingerprint density at radius 3 is 2.34 bits per heavy atom. The van der Waals surface area contributed by atoms with Crippen molar-refractivity contribution in [1.82, 2.24) is 21.3 Å². The van der Waals surface area contributed by atoms with Crippen molar-refractivity contribution in [3.63, 3.8) is 0 Å². The van der Waals surface area contributed by atoms with Crippen molar-refractivity contribution in [2.75, 3.05) is 6.54 Å². The van der Waals surface area contributed by atoms with Crippen molar-refractivity contribution in [3.8, 4) is 0 Å². The van der Waals surface area contributed by atoms with Gasteiger partial charge in [-0.3, -0.25) is 19.2 Å². The van der Waals surface area contributed by atoms with Crippen molar-refractivity contribution in [2.24, 2.45) is 5.92 Å². The molecule has 254 valence electrons. The summed E-state index contributed by atoms with van der Waals surface area (Å²) in [6.45, 7) is 1.38. The molecule has 47 heavy (non-hydrogen) atoms. The van der Waals surface area contributed by atoms with Crippen LogP contribution in [0.3, 0.4) is 0 Å². The summed E-state index contributed by atoms with van der Waals surface area (Å²) in [4.78, 5) is 65.0. The van der Waals surface area contributed by atoms with E-state index in [1.165, 1.54) is 36.4 Å². The maximum Gasteiger partial charge on any atom is 0.408 e. The molecule has 2 aromatic rings. The third kappa shape index (κ3) is 9.43. The summed E-state index contributed by atoms with van der Waals surface area (Å²) in [7, 11) is 0. The van der Waals surface area contributed by atoms with Crippen LogP contribution in [0.25, 0.3) is 0 Å². The minimum atomic E-state index is -3.85. The Bertz CT molecular complexity index is 1480. The molecule has 1 saturated heterocycles. The minimum Gasteiger partial charge on any atom is -0.434 e. The highest BCUT2D eigenvalue weighted by Gasteiger charge is 2.47. The molecule has 1 saturated carbocycles. The molecule has 4 amide bonds. The number of hydrogen-bond donors (Lipinski definition) is 4. The SMILES string of the molecule is C[C@](CCC(F)F)(NC(=O)OC(c1ccccc1)C(F)(F)c1cccc(Cl)c1)C(=O)N[C@@H](C[C@@H]1CCNC1=O)C(=O)C(=O)NC1CC1. The second-order valence-electron chi connectivity index (χ2n) is 11.9. The Labute approximate surface area is 273 Å². The van der Waals surface area contributed by atoms with Gasteiger partial charge in [0, 0.05) is 35.5 Å². The number of alkyl halides is 4. The number of carbonyl (C=O) groups is 5. The van der Waals surface area contributed by atoms with Gasteiger partial charge in [-0.15, -0.1) is 0 Å². The van der Waals surface area contributed by atoms with Gasteiger partial charge < -0.3 is 26.0 Å². The number of benzene rings is 2. The number of alkyl carbamates (subject to hydrolysis) is 1. The Hall–Kier alpha value is -4.20. The monoisotopic (exact) mass is 682 g/mol. The van der Waals surface area contributed by atoms with Crippen molar-refractivity contribution >= 4 is 41.2 Å². The van der Waals surface area contributed by atoms with Crippen LogP contribution in [0.4, 0.5) is 22.4 Å². The van der Waals surface area contributed by atoms with Crippen LogP contribution in [-0.2, 0) is 29.8 Å². The molecule has 4 N–H and O–H groups in total. The van der Waals surface area contributed by atoms with Gasteiger partial charge in [-0.1, -0.05) is 54.1 Å². The molecule has 4 rings (SSSR count). The number of ketones is 1. The van der Waals surface area contributed by atoms with Crippen molar-refractivity contribution in [1.29, 1.82) is 0 Å². The first-order chi connectivity index (χ1) is 22.2. The van der Waals surface area contributed by atoms with Gasteiger partial charge in [-0.2, -0.15) is 8.78 Å².